The lowest BCUT2D eigenvalue weighted by Gasteiger charge is -2.49. The van der Waals surface area contributed by atoms with E-state index in [1.165, 1.54) is 4.90 Å². The molecule has 0 radical (unpaired) electrons. The minimum absolute atomic E-state index is 0.230. The van der Waals surface area contributed by atoms with E-state index in [4.69, 9.17) is 0 Å². The Hall–Kier alpha value is -3.18. The first kappa shape index (κ1) is 27.4. The number of urea groups is 1. The topological polar surface area (TPSA) is 151 Å². The van der Waals surface area contributed by atoms with Gasteiger partial charge in [0.1, 0.15) is 13.1 Å². The summed E-state index contributed by atoms with van der Waals surface area (Å²) < 4.78 is 9.15. The molecule has 12 heteroatoms. The zero-order valence-corrected chi connectivity index (χ0v) is 21.0. The van der Waals surface area contributed by atoms with Gasteiger partial charge in [0.15, 0.2) is 0 Å². The van der Waals surface area contributed by atoms with E-state index >= 15 is 0 Å². The predicted octanol–water partition coefficient (Wildman–Crippen LogP) is 0.481. The molecule has 5 amide bonds. The maximum absolute atomic E-state index is 14.0. The van der Waals surface area contributed by atoms with Gasteiger partial charge in [-0.05, 0) is 25.7 Å². The smallest absolute Gasteiger partial charge is 0.327 e. The Morgan fingerprint density at radius 2 is 1.22 bits per heavy atom. The van der Waals surface area contributed by atoms with Crippen LogP contribution >= 0.6 is 0 Å². The van der Waals surface area contributed by atoms with Crippen molar-refractivity contribution in [2.75, 3.05) is 33.9 Å². The Morgan fingerprint density at radius 3 is 1.67 bits per heavy atom. The van der Waals surface area contributed by atoms with Crippen molar-refractivity contribution in [2.45, 2.75) is 76.3 Å². The van der Waals surface area contributed by atoms with Crippen molar-refractivity contribution in [3.63, 3.8) is 0 Å². The van der Waals surface area contributed by atoms with E-state index in [0.29, 0.717) is 25.7 Å². The zero-order chi connectivity index (χ0) is 26.3. The molecule has 3 aliphatic rings. The second kappa shape index (κ2) is 12.2. The van der Waals surface area contributed by atoms with Crippen LogP contribution in [0.25, 0.3) is 0 Å². The quantitative estimate of drug-likeness (QED) is 0.355. The van der Waals surface area contributed by atoms with Gasteiger partial charge in [-0.2, -0.15) is 0 Å². The van der Waals surface area contributed by atoms with Crippen molar-refractivity contribution >= 4 is 35.7 Å². The third kappa shape index (κ3) is 5.62. The molecule has 200 valence electrons. The van der Waals surface area contributed by atoms with E-state index in [1.807, 2.05) is 0 Å². The highest BCUT2D eigenvalue weighted by atomic mass is 16.5. The van der Waals surface area contributed by atoms with Gasteiger partial charge < -0.3 is 25.0 Å². The maximum atomic E-state index is 14.0. The van der Waals surface area contributed by atoms with Gasteiger partial charge in [-0.3, -0.25) is 28.9 Å². The van der Waals surface area contributed by atoms with E-state index < -0.39 is 66.8 Å². The third-order valence-corrected chi connectivity index (χ3v) is 7.42. The third-order valence-electron chi connectivity index (χ3n) is 7.42. The number of imide groups is 1. The molecule has 12 nitrogen and oxygen atoms in total. The molecule has 1 saturated heterocycles. The van der Waals surface area contributed by atoms with Crippen LogP contribution in [0.5, 0.6) is 0 Å². The number of carbonyl (C=O) groups excluding carboxylic acids is 6. The number of nitrogens with zero attached hydrogens (tertiary/aromatic N) is 2. The number of methoxy groups -OCH3 is 2. The number of hydrogen-bond acceptors (Lipinski definition) is 8. The molecule has 2 saturated carbocycles. The molecule has 36 heavy (non-hydrogen) atoms. The fraction of sp³-hybridized carbons (Fsp3) is 0.750. The van der Waals surface area contributed by atoms with Gasteiger partial charge in [0, 0.05) is 12.1 Å². The highest BCUT2D eigenvalue weighted by Gasteiger charge is 2.62. The van der Waals surface area contributed by atoms with Gasteiger partial charge in [-0.1, -0.05) is 38.5 Å². The molecule has 3 fully saturated rings. The van der Waals surface area contributed by atoms with Crippen molar-refractivity contribution in [3.05, 3.63) is 0 Å². The minimum atomic E-state index is -2.37. The van der Waals surface area contributed by atoms with Gasteiger partial charge >= 0.3 is 18.0 Å². The van der Waals surface area contributed by atoms with E-state index in [2.05, 4.69) is 20.1 Å². The van der Waals surface area contributed by atoms with E-state index in [9.17, 15) is 28.8 Å². The van der Waals surface area contributed by atoms with Crippen molar-refractivity contribution in [1.29, 1.82) is 0 Å². The largest absolute Gasteiger partial charge is 0.468 e. The van der Waals surface area contributed by atoms with Crippen LogP contribution in [-0.4, -0.2) is 91.4 Å². The second-order valence-corrected chi connectivity index (χ2v) is 9.59. The van der Waals surface area contributed by atoms with Gasteiger partial charge in [-0.25, -0.2) is 4.79 Å². The Balaban J connectivity index is 2.04. The zero-order valence-electron chi connectivity index (χ0n) is 21.0. The fourth-order valence-electron chi connectivity index (χ4n) is 5.35. The molecule has 1 heterocycles. The summed E-state index contributed by atoms with van der Waals surface area (Å²) >= 11 is 0. The summed E-state index contributed by atoms with van der Waals surface area (Å²) in [6.45, 7) is -1.59. The molecule has 0 atom stereocenters. The van der Waals surface area contributed by atoms with Crippen LogP contribution in [0.1, 0.15) is 64.2 Å². The fourth-order valence-corrected chi connectivity index (χ4v) is 5.35. The number of nitrogens with one attached hydrogen (secondary N) is 2. The summed E-state index contributed by atoms with van der Waals surface area (Å²) in [5, 5.41) is 4.69. The normalized spacial score (nSPS) is 21.1. The summed E-state index contributed by atoms with van der Waals surface area (Å²) in [5.74, 6) is -4.50. The summed E-state index contributed by atoms with van der Waals surface area (Å²) in [6.07, 6.45) is 7.98. The van der Waals surface area contributed by atoms with E-state index in [0.717, 1.165) is 57.6 Å². The molecule has 2 N–H and O–H groups in total. The van der Waals surface area contributed by atoms with Crippen LogP contribution in [0.4, 0.5) is 4.79 Å². The van der Waals surface area contributed by atoms with Crippen LogP contribution in [0.15, 0.2) is 0 Å². The van der Waals surface area contributed by atoms with Crippen molar-refractivity contribution in [3.8, 4) is 0 Å². The number of carbonyl (C=O) groups is 6. The second-order valence-electron chi connectivity index (χ2n) is 9.59. The number of amides is 5. The molecular formula is C24H36N4O8. The van der Waals surface area contributed by atoms with Crippen molar-refractivity contribution in [1.82, 2.24) is 20.4 Å². The molecule has 0 aromatic rings. The Labute approximate surface area is 210 Å². The SMILES string of the molecule is COC(=O)CNC(=O)C1(C(=O)NCC(=O)OC)CN(C2CCCCC2)C(=O)N(C2CCCCC2)C1=O. The average molecular weight is 509 g/mol. The summed E-state index contributed by atoms with van der Waals surface area (Å²) in [4.78, 5) is 80.9. The molecular weight excluding hydrogens is 472 g/mol. The summed E-state index contributed by atoms with van der Waals surface area (Å²) in [6, 6.07) is -1.16. The number of rotatable bonds is 8. The predicted molar refractivity (Wildman–Crippen MR) is 125 cm³/mol. The Morgan fingerprint density at radius 1 is 0.778 bits per heavy atom. The first-order valence-electron chi connectivity index (χ1n) is 12.6. The van der Waals surface area contributed by atoms with E-state index in [1.54, 1.807) is 0 Å². The minimum Gasteiger partial charge on any atom is -0.468 e. The standard InChI is InChI=1S/C24H36N4O8/c1-35-18(29)13-25-20(31)24(21(32)26-14-19(30)36-2)15-27(16-9-5-3-6-10-16)23(34)28(22(24)33)17-11-7-4-8-12-17/h16-17H,3-15H2,1-2H3,(H,25,31)(H,26,32). The molecule has 0 aromatic carbocycles. The highest BCUT2D eigenvalue weighted by molar-refractivity contribution is 6.26. The van der Waals surface area contributed by atoms with Crippen LogP contribution in [0.2, 0.25) is 0 Å². The van der Waals surface area contributed by atoms with Gasteiger partial charge in [0.2, 0.25) is 17.2 Å². The monoisotopic (exact) mass is 508 g/mol. The van der Waals surface area contributed by atoms with Gasteiger partial charge in [0.25, 0.3) is 5.91 Å². The first-order chi connectivity index (χ1) is 17.3. The van der Waals surface area contributed by atoms with Crippen molar-refractivity contribution in [2.24, 2.45) is 5.41 Å². The first-order valence-corrected chi connectivity index (χ1v) is 12.6. The summed E-state index contributed by atoms with van der Waals surface area (Å²) in [7, 11) is 2.29. The number of ether oxygens (including phenoxy) is 2. The molecule has 0 spiro atoms. The Kier molecular flexibility index (Phi) is 9.27. The molecule has 3 rings (SSSR count). The lowest BCUT2D eigenvalue weighted by atomic mass is 9.78. The molecule has 2 aliphatic carbocycles. The molecule has 0 unspecified atom stereocenters. The highest BCUT2D eigenvalue weighted by Crippen LogP contribution is 2.37. The van der Waals surface area contributed by atoms with Crippen LogP contribution in [0.3, 0.4) is 0 Å². The lowest BCUT2D eigenvalue weighted by Crippen LogP contribution is -2.73. The molecule has 0 bridgehead atoms. The van der Waals surface area contributed by atoms with Crippen LogP contribution in [-0.2, 0) is 33.4 Å². The van der Waals surface area contributed by atoms with E-state index in [-0.39, 0.29) is 6.04 Å². The average Bonchev–Trinajstić information content (AvgIpc) is 2.91. The maximum Gasteiger partial charge on any atom is 0.327 e. The molecule has 1 aliphatic heterocycles. The Bertz CT molecular complexity index is 847. The van der Waals surface area contributed by atoms with Gasteiger partial charge in [-0.15, -0.1) is 0 Å². The van der Waals surface area contributed by atoms with Crippen LogP contribution in [0, 0.1) is 5.41 Å². The van der Waals surface area contributed by atoms with Gasteiger partial charge in [0.05, 0.1) is 20.8 Å². The molecule has 0 aromatic heterocycles. The van der Waals surface area contributed by atoms with Crippen LogP contribution < -0.4 is 10.6 Å². The number of esters is 2. The number of hydrogen-bond donors (Lipinski definition) is 2. The van der Waals surface area contributed by atoms with Crippen molar-refractivity contribution < 1.29 is 38.2 Å². The summed E-state index contributed by atoms with van der Waals surface area (Å²) in [5.41, 5.74) is -2.37. The lowest BCUT2D eigenvalue weighted by molar-refractivity contribution is -0.164.